The number of anilines is 1. The molecule has 0 spiro atoms. The molecule has 3 N–H and O–H groups in total. The fraction of sp³-hybridized carbons (Fsp3) is 0.182. The molecule has 0 saturated heterocycles. The second-order valence-corrected chi connectivity index (χ2v) is 7.86. The third-order valence-corrected chi connectivity index (χ3v) is 5.81. The van der Waals surface area contributed by atoms with Crippen molar-refractivity contribution in [2.45, 2.75) is 19.6 Å². The molecule has 6 nitrogen and oxygen atoms in total. The van der Waals surface area contributed by atoms with E-state index in [4.69, 9.17) is 9.84 Å². The average Bonchev–Trinajstić information content (AvgIpc) is 3.07. The number of aromatic carboxylic acids is 1. The molecule has 0 aliphatic rings. The van der Waals surface area contributed by atoms with E-state index < -0.39 is 30.3 Å². The summed E-state index contributed by atoms with van der Waals surface area (Å²) in [5.74, 6) is -2.45. The molecule has 0 unspecified atom stereocenters. The van der Waals surface area contributed by atoms with Crippen LogP contribution in [0.2, 0.25) is 0 Å². The molecule has 3 aromatic rings. The Balaban J connectivity index is 1.84. The third kappa shape index (κ3) is 5.38. The molecule has 2 aromatic carbocycles. The van der Waals surface area contributed by atoms with Crippen LogP contribution in [0.4, 0.5) is 18.9 Å². The van der Waals surface area contributed by atoms with Crippen molar-refractivity contribution in [3.05, 3.63) is 70.1 Å². The zero-order chi connectivity index (χ0) is 23.5. The number of nitrogens with one attached hydrogen (secondary N) is 1. The maximum absolute atomic E-state index is 12.9. The number of ether oxygens (including phenoxy) is 1. The van der Waals surface area contributed by atoms with Gasteiger partial charge in [-0.15, -0.1) is 11.3 Å². The normalized spacial score (nSPS) is 11.2. The van der Waals surface area contributed by atoms with E-state index in [2.05, 4.69) is 5.32 Å². The Morgan fingerprint density at radius 1 is 1.09 bits per heavy atom. The summed E-state index contributed by atoms with van der Waals surface area (Å²) >= 11 is 0.964. The zero-order valence-electron chi connectivity index (χ0n) is 16.7. The summed E-state index contributed by atoms with van der Waals surface area (Å²) in [6.45, 7) is 1.22. The van der Waals surface area contributed by atoms with Crippen LogP contribution in [-0.4, -0.2) is 28.8 Å². The molecule has 10 heteroatoms. The average molecular weight is 465 g/mol. The Kier molecular flexibility index (Phi) is 6.73. The van der Waals surface area contributed by atoms with Crippen LogP contribution in [0.15, 0.2) is 48.5 Å². The van der Waals surface area contributed by atoms with Crippen LogP contribution in [0, 0.1) is 6.92 Å². The fourth-order valence-corrected chi connectivity index (χ4v) is 4.14. The van der Waals surface area contributed by atoms with Crippen molar-refractivity contribution < 1.29 is 37.7 Å². The summed E-state index contributed by atoms with van der Waals surface area (Å²) in [5.41, 5.74) is 1.51. The minimum absolute atomic E-state index is 0.00685. The van der Waals surface area contributed by atoms with E-state index in [-0.39, 0.29) is 17.2 Å². The molecule has 0 atom stereocenters. The van der Waals surface area contributed by atoms with Crippen LogP contribution < -0.4 is 10.1 Å². The first-order chi connectivity index (χ1) is 15.1. The van der Waals surface area contributed by atoms with Crippen molar-refractivity contribution in [3.63, 3.8) is 0 Å². The Morgan fingerprint density at radius 3 is 2.47 bits per heavy atom. The number of alkyl halides is 3. The molecule has 0 radical (unpaired) electrons. The first-order valence-corrected chi connectivity index (χ1v) is 10.1. The van der Waals surface area contributed by atoms with Crippen molar-refractivity contribution >= 4 is 29.0 Å². The van der Waals surface area contributed by atoms with Gasteiger partial charge in [0.2, 0.25) is 0 Å². The minimum Gasteiger partial charge on any atom is -0.480 e. The molecule has 3 rings (SSSR count). The quantitative estimate of drug-likeness (QED) is 0.406. The molecule has 0 saturated carbocycles. The van der Waals surface area contributed by atoms with Gasteiger partial charge in [0.25, 0.3) is 0 Å². The molecule has 168 valence electrons. The smallest absolute Gasteiger partial charge is 0.416 e. The largest absolute Gasteiger partial charge is 0.480 e. The van der Waals surface area contributed by atoms with E-state index in [1.807, 2.05) is 0 Å². The summed E-state index contributed by atoms with van der Waals surface area (Å²) in [6.07, 6.45) is -4.43. The van der Waals surface area contributed by atoms with E-state index in [9.17, 15) is 27.9 Å². The highest BCUT2D eigenvalue weighted by molar-refractivity contribution is 7.18. The maximum atomic E-state index is 12.9. The van der Waals surface area contributed by atoms with E-state index in [0.717, 1.165) is 29.0 Å². The third-order valence-electron chi connectivity index (χ3n) is 4.50. The molecule has 0 aliphatic carbocycles. The Bertz CT molecular complexity index is 1160. The lowest BCUT2D eigenvalue weighted by atomic mass is 10.1. The second kappa shape index (κ2) is 9.31. The van der Waals surface area contributed by atoms with E-state index in [1.54, 1.807) is 31.2 Å². The van der Waals surface area contributed by atoms with Crippen LogP contribution in [0.25, 0.3) is 10.4 Å². The number of rotatable bonds is 8. The monoisotopic (exact) mass is 465 g/mol. The fourth-order valence-electron chi connectivity index (χ4n) is 3.05. The summed E-state index contributed by atoms with van der Waals surface area (Å²) in [7, 11) is 0. The summed E-state index contributed by atoms with van der Waals surface area (Å²) in [6, 6.07) is 12.0. The number of halogens is 3. The molecule has 0 fully saturated rings. The Labute approximate surface area is 184 Å². The highest BCUT2D eigenvalue weighted by atomic mass is 32.1. The van der Waals surface area contributed by atoms with Crippen LogP contribution in [0.3, 0.4) is 0 Å². The first-order valence-electron chi connectivity index (χ1n) is 9.28. The van der Waals surface area contributed by atoms with Gasteiger partial charge in [-0.1, -0.05) is 24.3 Å². The topological polar surface area (TPSA) is 95.9 Å². The van der Waals surface area contributed by atoms with Gasteiger partial charge in [0.05, 0.1) is 5.56 Å². The van der Waals surface area contributed by atoms with Crippen molar-refractivity contribution in [1.29, 1.82) is 0 Å². The number of carboxylic acid groups (broad SMARTS) is 2. The zero-order valence-corrected chi connectivity index (χ0v) is 17.5. The van der Waals surface area contributed by atoms with Crippen LogP contribution in [0.1, 0.15) is 26.4 Å². The molecule has 1 aromatic heterocycles. The van der Waals surface area contributed by atoms with Gasteiger partial charge in [-0.05, 0) is 42.3 Å². The van der Waals surface area contributed by atoms with E-state index in [0.29, 0.717) is 21.7 Å². The minimum atomic E-state index is -4.43. The van der Waals surface area contributed by atoms with Crippen molar-refractivity contribution in [2.24, 2.45) is 0 Å². The summed E-state index contributed by atoms with van der Waals surface area (Å²) in [4.78, 5) is 22.9. The number of carboxylic acids is 2. The lowest BCUT2D eigenvalue weighted by Gasteiger charge is -2.11. The lowest BCUT2D eigenvalue weighted by Crippen LogP contribution is -2.11. The molecule has 0 aliphatic heterocycles. The number of thiophene rings is 1. The summed E-state index contributed by atoms with van der Waals surface area (Å²) < 4.78 is 43.9. The molecule has 1 heterocycles. The standard InChI is InChI=1S/C22H18F3NO5S/c1-12-18(31-11-17(27)28)20(21(29)30)32-19(12)14-5-2-4-13(8-14)10-26-16-7-3-6-15(9-16)22(23,24)25/h2-9,26H,10-11H2,1H3,(H,27,28)(H,29,30). The SMILES string of the molecule is Cc1c(-c2cccc(CNc3cccc(C(F)(F)F)c3)c2)sc(C(=O)O)c1OCC(=O)O. The molecule has 0 bridgehead atoms. The van der Waals surface area contributed by atoms with Gasteiger partial charge < -0.3 is 20.3 Å². The van der Waals surface area contributed by atoms with Crippen molar-refractivity contribution in [2.75, 3.05) is 11.9 Å². The number of hydrogen-bond acceptors (Lipinski definition) is 5. The first kappa shape index (κ1) is 23.1. The maximum Gasteiger partial charge on any atom is 0.416 e. The number of hydrogen-bond donors (Lipinski definition) is 3. The van der Waals surface area contributed by atoms with Gasteiger partial charge >= 0.3 is 18.1 Å². The summed E-state index contributed by atoms with van der Waals surface area (Å²) in [5, 5.41) is 21.2. The van der Waals surface area contributed by atoms with E-state index in [1.165, 1.54) is 12.1 Å². The van der Waals surface area contributed by atoms with Gasteiger partial charge in [0, 0.05) is 22.7 Å². The van der Waals surface area contributed by atoms with Gasteiger partial charge in [-0.2, -0.15) is 13.2 Å². The highest BCUT2D eigenvalue weighted by Gasteiger charge is 2.30. The van der Waals surface area contributed by atoms with Gasteiger partial charge in [0.15, 0.2) is 11.5 Å². The van der Waals surface area contributed by atoms with Crippen molar-refractivity contribution in [1.82, 2.24) is 0 Å². The van der Waals surface area contributed by atoms with Crippen LogP contribution in [0.5, 0.6) is 5.75 Å². The number of carbonyl (C=O) groups is 2. The van der Waals surface area contributed by atoms with E-state index >= 15 is 0 Å². The number of aliphatic carboxylic acids is 1. The predicted molar refractivity (Wildman–Crippen MR) is 113 cm³/mol. The number of benzene rings is 2. The lowest BCUT2D eigenvalue weighted by molar-refractivity contribution is -0.139. The molecule has 0 amide bonds. The Hall–Kier alpha value is -3.53. The highest BCUT2D eigenvalue weighted by Crippen LogP contribution is 2.41. The van der Waals surface area contributed by atoms with Gasteiger partial charge in [0.1, 0.15) is 5.75 Å². The van der Waals surface area contributed by atoms with Crippen LogP contribution >= 0.6 is 11.3 Å². The molecule has 32 heavy (non-hydrogen) atoms. The molecular weight excluding hydrogens is 447 g/mol. The second-order valence-electron chi connectivity index (χ2n) is 6.83. The van der Waals surface area contributed by atoms with Gasteiger partial charge in [-0.25, -0.2) is 9.59 Å². The Morgan fingerprint density at radius 2 is 1.81 bits per heavy atom. The van der Waals surface area contributed by atoms with Gasteiger partial charge in [-0.3, -0.25) is 0 Å². The van der Waals surface area contributed by atoms with Crippen molar-refractivity contribution in [3.8, 4) is 16.2 Å². The van der Waals surface area contributed by atoms with Crippen LogP contribution in [-0.2, 0) is 17.5 Å². The molecular formula is C22H18F3NO5S. The predicted octanol–water partition coefficient (Wildman–Crippen LogP) is 5.52.